The van der Waals surface area contributed by atoms with Crippen LogP contribution in [0.5, 0.6) is 0 Å². The van der Waals surface area contributed by atoms with Crippen LogP contribution in [0.1, 0.15) is 37.5 Å². The number of hydrogen-bond donors (Lipinski definition) is 3. The van der Waals surface area contributed by atoms with E-state index in [2.05, 4.69) is 15.0 Å². The van der Waals surface area contributed by atoms with Crippen molar-refractivity contribution in [3.8, 4) is 0 Å². The molecule has 2 amide bonds. The summed E-state index contributed by atoms with van der Waals surface area (Å²) < 4.78 is 11.7. The molecule has 0 bridgehead atoms. The van der Waals surface area contributed by atoms with Crippen molar-refractivity contribution in [2.45, 2.75) is 51.0 Å². The molecule has 0 aliphatic carbocycles. The molecule has 3 atom stereocenters. The molecule has 0 radical (unpaired) electrons. The summed E-state index contributed by atoms with van der Waals surface area (Å²) in [6.07, 6.45) is -1.73. The third-order valence-corrected chi connectivity index (χ3v) is 4.27. The van der Waals surface area contributed by atoms with Crippen LogP contribution in [0.2, 0.25) is 0 Å². The molecule has 1 aromatic rings. The van der Waals surface area contributed by atoms with Gasteiger partial charge in [-0.05, 0) is 18.9 Å². The van der Waals surface area contributed by atoms with Gasteiger partial charge in [0.25, 0.3) is 5.56 Å². The Balaban J connectivity index is 1.95. The quantitative estimate of drug-likeness (QED) is 0.300. The highest BCUT2D eigenvalue weighted by atomic mass is 16.6. The second-order valence-electron chi connectivity index (χ2n) is 6.51. The molecule has 1 aliphatic rings. The lowest BCUT2D eigenvalue weighted by Crippen LogP contribution is -2.35. The van der Waals surface area contributed by atoms with Crippen molar-refractivity contribution in [1.29, 1.82) is 0 Å². The number of H-pyrrole nitrogens is 1. The number of carboxylic acid groups (broad SMARTS) is 1. The van der Waals surface area contributed by atoms with Gasteiger partial charge in [0.2, 0.25) is 5.91 Å². The molecule has 1 fully saturated rings. The lowest BCUT2D eigenvalue weighted by atomic mass is 10.1. The maximum absolute atomic E-state index is 12.0. The monoisotopic (exact) mass is 424 g/mol. The van der Waals surface area contributed by atoms with Gasteiger partial charge < -0.3 is 14.6 Å². The van der Waals surface area contributed by atoms with E-state index in [-0.39, 0.29) is 37.9 Å². The number of carbonyl (C=O) groups is 3. The smallest absolute Gasteiger partial charge is 0.413 e. The van der Waals surface area contributed by atoms with E-state index in [0.29, 0.717) is 0 Å². The van der Waals surface area contributed by atoms with E-state index in [1.807, 2.05) is 5.32 Å². The topological polar surface area (TPSA) is 206 Å². The molecule has 2 rings (SSSR count). The van der Waals surface area contributed by atoms with Gasteiger partial charge in [-0.2, -0.15) is 0 Å². The van der Waals surface area contributed by atoms with Crippen LogP contribution in [0.3, 0.4) is 0 Å². The molecule has 30 heavy (non-hydrogen) atoms. The molecule has 2 heterocycles. The Labute approximate surface area is 168 Å². The molecule has 1 aliphatic heterocycles. The minimum atomic E-state index is -1.07. The van der Waals surface area contributed by atoms with Crippen LogP contribution in [-0.2, 0) is 19.1 Å². The fourth-order valence-corrected chi connectivity index (χ4v) is 2.79. The number of azide groups is 1. The first-order valence-electron chi connectivity index (χ1n) is 8.91. The van der Waals surface area contributed by atoms with Gasteiger partial charge in [-0.25, -0.2) is 9.59 Å². The minimum absolute atomic E-state index is 0.0636. The number of ether oxygens (including phenoxy) is 2. The highest BCUT2D eigenvalue weighted by molar-refractivity contribution is 5.91. The number of hydrogen-bond acceptors (Lipinski definition) is 8. The maximum Gasteiger partial charge on any atom is 0.413 e. The summed E-state index contributed by atoms with van der Waals surface area (Å²) >= 11 is 0. The number of aryl methyl sites for hydroxylation is 1. The number of amides is 2. The van der Waals surface area contributed by atoms with Gasteiger partial charge in [0, 0.05) is 35.9 Å². The van der Waals surface area contributed by atoms with Crippen LogP contribution < -0.4 is 16.6 Å². The van der Waals surface area contributed by atoms with E-state index in [1.165, 1.54) is 13.1 Å². The van der Waals surface area contributed by atoms with Gasteiger partial charge in [-0.3, -0.25) is 29.3 Å². The van der Waals surface area contributed by atoms with E-state index in [1.54, 1.807) is 0 Å². The summed E-state index contributed by atoms with van der Waals surface area (Å²) in [6.45, 7) is 1.14. The summed E-state index contributed by atoms with van der Waals surface area (Å²) in [5, 5.41) is 14.0. The fraction of sp³-hybridized carbons (Fsp3) is 0.562. The molecule has 3 N–H and O–H groups in total. The highest BCUT2D eigenvalue weighted by Crippen LogP contribution is 2.30. The Morgan fingerprint density at radius 2 is 2.17 bits per heavy atom. The third-order valence-electron chi connectivity index (χ3n) is 4.27. The van der Waals surface area contributed by atoms with Crippen molar-refractivity contribution < 1.29 is 29.0 Å². The predicted molar refractivity (Wildman–Crippen MR) is 98.5 cm³/mol. The van der Waals surface area contributed by atoms with E-state index >= 15 is 0 Å². The SMILES string of the molecule is Cc1cn([C@H]2C[C@H](N=[N+]=[N-])[C@@H](COC(=O)NC(=O)CCCC(=O)O)O2)c(=O)[nH]c1=O. The highest BCUT2D eigenvalue weighted by Gasteiger charge is 2.37. The van der Waals surface area contributed by atoms with Crippen LogP contribution >= 0.6 is 0 Å². The van der Waals surface area contributed by atoms with E-state index in [9.17, 15) is 24.0 Å². The van der Waals surface area contributed by atoms with Crippen molar-refractivity contribution in [3.05, 3.63) is 43.0 Å². The average Bonchev–Trinajstić information content (AvgIpc) is 3.05. The second-order valence-corrected chi connectivity index (χ2v) is 6.51. The summed E-state index contributed by atoms with van der Waals surface area (Å²) in [5.41, 5.74) is 7.77. The number of alkyl carbamates (subject to hydrolysis) is 1. The van der Waals surface area contributed by atoms with E-state index in [0.717, 1.165) is 4.57 Å². The molecule has 0 saturated carbocycles. The number of aromatic nitrogens is 2. The molecule has 0 unspecified atom stereocenters. The molecule has 14 nitrogen and oxygen atoms in total. The zero-order valence-corrected chi connectivity index (χ0v) is 15.9. The zero-order chi connectivity index (χ0) is 22.3. The molecule has 0 aromatic carbocycles. The number of rotatable bonds is 8. The lowest BCUT2D eigenvalue weighted by molar-refractivity contribution is -0.137. The number of aromatic amines is 1. The first-order valence-corrected chi connectivity index (χ1v) is 8.91. The van der Waals surface area contributed by atoms with Crippen molar-refractivity contribution in [2.24, 2.45) is 5.11 Å². The van der Waals surface area contributed by atoms with Crippen molar-refractivity contribution in [2.75, 3.05) is 6.61 Å². The third kappa shape index (κ3) is 6.18. The van der Waals surface area contributed by atoms with Crippen LogP contribution in [0, 0.1) is 6.92 Å². The number of aliphatic carboxylic acids is 1. The summed E-state index contributed by atoms with van der Waals surface area (Å²) in [4.78, 5) is 62.1. The number of nitrogens with one attached hydrogen (secondary N) is 2. The summed E-state index contributed by atoms with van der Waals surface area (Å²) in [5.74, 6) is -1.76. The Kier molecular flexibility index (Phi) is 7.72. The van der Waals surface area contributed by atoms with Crippen molar-refractivity contribution >= 4 is 18.0 Å². The second kappa shape index (κ2) is 10.2. The average molecular weight is 424 g/mol. The van der Waals surface area contributed by atoms with Crippen LogP contribution in [-0.4, -0.2) is 51.4 Å². The van der Waals surface area contributed by atoms with Gasteiger partial charge in [0.15, 0.2) is 0 Å². The zero-order valence-electron chi connectivity index (χ0n) is 15.9. The van der Waals surface area contributed by atoms with Gasteiger partial charge in [0.1, 0.15) is 18.9 Å². The Bertz CT molecular complexity index is 979. The van der Waals surface area contributed by atoms with Crippen LogP contribution in [0.4, 0.5) is 4.79 Å². The van der Waals surface area contributed by atoms with E-state index in [4.69, 9.17) is 20.1 Å². The van der Waals surface area contributed by atoms with Gasteiger partial charge in [-0.15, -0.1) is 0 Å². The van der Waals surface area contributed by atoms with Crippen molar-refractivity contribution in [1.82, 2.24) is 14.9 Å². The number of imide groups is 1. The summed E-state index contributed by atoms with van der Waals surface area (Å²) in [6, 6.07) is -0.766. The Morgan fingerprint density at radius 3 is 2.83 bits per heavy atom. The first kappa shape index (κ1) is 22.6. The molecule has 1 aromatic heterocycles. The molecular formula is C16H20N6O8. The number of carbonyl (C=O) groups excluding carboxylic acids is 2. The summed E-state index contributed by atoms with van der Waals surface area (Å²) in [7, 11) is 0. The van der Waals surface area contributed by atoms with E-state index < -0.39 is 47.6 Å². The first-order chi connectivity index (χ1) is 14.2. The standard InChI is InChI=1S/C16H20N6O8/c1-8-6-22(15(27)19-14(8)26)12-5-9(20-21-17)10(30-12)7-29-16(28)18-11(23)3-2-4-13(24)25/h6,9-10,12H,2-5,7H2,1H3,(H,24,25)(H,18,23,28)(H,19,26,27)/t9-,10+,12+/m0/s1. The van der Waals surface area contributed by atoms with Crippen LogP contribution in [0.25, 0.3) is 10.4 Å². The lowest BCUT2D eigenvalue weighted by Gasteiger charge is -2.16. The van der Waals surface area contributed by atoms with Gasteiger partial charge in [-0.1, -0.05) is 5.11 Å². The Morgan fingerprint density at radius 1 is 1.43 bits per heavy atom. The van der Waals surface area contributed by atoms with Crippen molar-refractivity contribution in [3.63, 3.8) is 0 Å². The predicted octanol–water partition coefficient (Wildman–Crippen LogP) is 0.319. The molecule has 1 saturated heterocycles. The molecule has 0 spiro atoms. The fourth-order valence-electron chi connectivity index (χ4n) is 2.79. The number of carboxylic acids is 1. The molecule has 162 valence electrons. The van der Waals surface area contributed by atoms with Gasteiger partial charge in [0.05, 0.1) is 6.04 Å². The molecule has 14 heteroatoms. The normalized spacial score (nSPS) is 20.2. The van der Waals surface area contributed by atoms with Gasteiger partial charge >= 0.3 is 17.8 Å². The number of nitrogens with zero attached hydrogens (tertiary/aromatic N) is 4. The largest absolute Gasteiger partial charge is 0.481 e. The molecular weight excluding hydrogens is 404 g/mol. The minimum Gasteiger partial charge on any atom is -0.481 e. The maximum atomic E-state index is 12.0. The Hall–Kier alpha value is -3.64. The van der Waals surface area contributed by atoms with Crippen LogP contribution in [0.15, 0.2) is 20.9 Å².